The molecule has 20 heavy (non-hydrogen) atoms. The molecule has 0 aliphatic carbocycles. The highest BCUT2D eigenvalue weighted by atomic mass is 79.9. The number of halogens is 2. The molecule has 1 aromatic heterocycles. The van der Waals surface area contributed by atoms with Gasteiger partial charge in [0.2, 0.25) is 0 Å². The number of pyridine rings is 1. The van der Waals surface area contributed by atoms with E-state index in [1.165, 1.54) is 6.07 Å². The SMILES string of the molecule is Cc1cc(Br)cc([N+](=O)[O-])c1OCc1ccc(Cl)nc1. The van der Waals surface area contributed by atoms with Gasteiger partial charge in [0.1, 0.15) is 11.8 Å². The van der Waals surface area contributed by atoms with Gasteiger partial charge in [-0.05, 0) is 24.6 Å². The van der Waals surface area contributed by atoms with Gasteiger partial charge >= 0.3 is 5.69 Å². The quantitative estimate of drug-likeness (QED) is 0.465. The minimum atomic E-state index is -0.465. The summed E-state index contributed by atoms with van der Waals surface area (Å²) in [5, 5.41) is 11.4. The van der Waals surface area contributed by atoms with Crippen LogP contribution in [0.3, 0.4) is 0 Å². The maximum atomic E-state index is 11.1. The molecule has 0 spiro atoms. The van der Waals surface area contributed by atoms with Crippen molar-refractivity contribution in [2.24, 2.45) is 0 Å². The standard InChI is InChI=1S/C13H10BrClN2O3/c1-8-4-10(14)5-11(17(18)19)13(8)20-7-9-2-3-12(15)16-6-9/h2-6H,7H2,1H3. The minimum absolute atomic E-state index is 0.0706. The molecule has 2 rings (SSSR count). The van der Waals surface area contributed by atoms with Crippen molar-refractivity contribution in [3.8, 4) is 5.75 Å². The van der Waals surface area contributed by atoms with Crippen molar-refractivity contribution in [3.63, 3.8) is 0 Å². The molecule has 1 heterocycles. The largest absolute Gasteiger partial charge is 0.482 e. The molecule has 5 nitrogen and oxygen atoms in total. The summed E-state index contributed by atoms with van der Waals surface area (Å²) in [6.07, 6.45) is 1.57. The lowest BCUT2D eigenvalue weighted by Gasteiger charge is -2.10. The summed E-state index contributed by atoms with van der Waals surface area (Å²) < 4.78 is 6.21. The predicted octanol–water partition coefficient (Wildman–Crippen LogP) is 4.29. The molecule has 1 aromatic carbocycles. The van der Waals surface area contributed by atoms with E-state index in [0.717, 1.165) is 5.56 Å². The van der Waals surface area contributed by atoms with Gasteiger partial charge < -0.3 is 4.74 Å². The molecule has 2 aromatic rings. The van der Waals surface area contributed by atoms with E-state index in [1.54, 1.807) is 31.3 Å². The van der Waals surface area contributed by atoms with Gasteiger partial charge in [0, 0.05) is 22.3 Å². The second kappa shape index (κ2) is 6.19. The Morgan fingerprint density at radius 2 is 2.20 bits per heavy atom. The second-order valence-electron chi connectivity index (χ2n) is 4.11. The summed E-state index contributed by atoms with van der Waals surface area (Å²) in [4.78, 5) is 14.5. The second-order valence-corrected chi connectivity index (χ2v) is 5.41. The average Bonchev–Trinajstić information content (AvgIpc) is 2.38. The zero-order chi connectivity index (χ0) is 14.7. The van der Waals surface area contributed by atoms with Gasteiger partial charge in [0.25, 0.3) is 0 Å². The molecule has 0 N–H and O–H groups in total. The van der Waals surface area contributed by atoms with Crippen molar-refractivity contribution < 1.29 is 9.66 Å². The summed E-state index contributed by atoms with van der Waals surface area (Å²) in [7, 11) is 0. The molecule has 104 valence electrons. The summed E-state index contributed by atoms with van der Waals surface area (Å²) >= 11 is 8.93. The van der Waals surface area contributed by atoms with Crippen LogP contribution >= 0.6 is 27.5 Å². The number of ether oxygens (including phenoxy) is 1. The fourth-order valence-electron chi connectivity index (χ4n) is 1.68. The molecule has 0 saturated heterocycles. The third-order valence-corrected chi connectivity index (χ3v) is 3.27. The number of nitro groups is 1. The first-order valence-corrected chi connectivity index (χ1v) is 6.82. The normalized spacial score (nSPS) is 10.3. The van der Waals surface area contributed by atoms with Crippen molar-refractivity contribution in [3.05, 3.63) is 61.3 Å². The summed E-state index contributed by atoms with van der Waals surface area (Å²) in [5.74, 6) is 0.258. The van der Waals surface area contributed by atoms with Crippen LogP contribution < -0.4 is 4.74 Å². The monoisotopic (exact) mass is 356 g/mol. The smallest absolute Gasteiger partial charge is 0.312 e. The number of aromatic nitrogens is 1. The molecule has 0 aliphatic rings. The van der Waals surface area contributed by atoms with Crippen LogP contribution in [0.25, 0.3) is 0 Å². The van der Waals surface area contributed by atoms with Gasteiger partial charge in [-0.3, -0.25) is 10.1 Å². The molecule has 0 radical (unpaired) electrons. The van der Waals surface area contributed by atoms with E-state index in [-0.39, 0.29) is 18.0 Å². The van der Waals surface area contributed by atoms with Gasteiger partial charge in [-0.25, -0.2) is 4.98 Å². The Labute approximate surface area is 128 Å². The maximum absolute atomic E-state index is 11.1. The molecule has 7 heteroatoms. The van der Waals surface area contributed by atoms with Crippen LogP contribution in [-0.2, 0) is 6.61 Å². The first-order valence-electron chi connectivity index (χ1n) is 5.65. The van der Waals surface area contributed by atoms with E-state index in [9.17, 15) is 10.1 Å². The van der Waals surface area contributed by atoms with Gasteiger partial charge in [0.15, 0.2) is 5.75 Å². The minimum Gasteiger partial charge on any atom is -0.482 e. The Kier molecular flexibility index (Phi) is 4.57. The number of rotatable bonds is 4. The maximum Gasteiger partial charge on any atom is 0.312 e. The lowest BCUT2D eigenvalue weighted by molar-refractivity contribution is -0.386. The number of hydrogen-bond acceptors (Lipinski definition) is 4. The van der Waals surface area contributed by atoms with E-state index in [0.29, 0.717) is 15.2 Å². The third kappa shape index (κ3) is 3.46. The highest BCUT2D eigenvalue weighted by molar-refractivity contribution is 9.10. The predicted molar refractivity (Wildman–Crippen MR) is 79.1 cm³/mol. The molecule has 0 aliphatic heterocycles. The van der Waals surface area contributed by atoms with E-state index in [4.69, 9.17) is 16.3 Å². The first-order chi connectivity index (χ1) is 9.47. The number of nitro benzene ring substituents is 1. The highest BCUT2D eigenvalue weighted by Crippen LogP contribution is 2.34. The Balaban J connectivity index is 2.24. The van der Waals surface area contributed by atoms with Crippen molar-refractivity contribution in [2.75, 3.05) is 0 Å². The third-order valence-electron chi connectivity index (χ3n) is 2.59. The lowest BCUT2D eigenvalue weighted by atomic mass is 10.2. The van der Waals surface area contributed by atoms with Crippen LogP contribution in [-0.4, -0.2) is 9.91 Å². The molecule has 0 fully saturated rings. The number of hydrogen-bond donors (Lipinski definition) is 0. The Bertz CT molecular complexity index is 647. The highest BCUT2D eigenvalue weighted by Gasteiger charge is 2.19. The van der Waals surface area contributed by atoms with Crippen LogP contribution in [0.15, 0.2) is 34.9 Å². The summed E-state index contributed by atoms with van der Waals surface area (Å²) in [6.45, 7) is 1.95. The van der Waals surface area contributed by atoms with Crippen LogP contribution in [0.1, 0.15) is 11.1 Å². The van der Waals surface area contributed by atoms with Crippen molar-refractivity contribution in [1.82, 2.24) is 4.98 Å². The topological polar surface area (TPSA) is 65.3 Å². The molecular formula is C13H10BrClN2O3. The van der Waals surface area contributed by atoms with E-state index in [2.05, 4.69) is 20.9 Å². The zero-order valence-corrected chi connectivity index (χ0v) is 12.8. The fourth-order valence-corrected chi connectivity index (χ4v) is 2.35. The van der Waals surface area contributed by atoms with Crippen molar-refractivity contribution in [2.45, 2.75) is 13.5 Å². The molecule has 0 saturated carbocycles. The lowest BCUT2D eigenvalue weighted by Crippen LogP contribution is -2.01. The van der Waals surface area contributed by atoms with Crippen LogP contribution in [0.4, 0.5) is 5.69 Å². The van der Waals surface area contributed by atoms with Crippen LogP contribution in [0, 0.1) is 17.0 Å². The Hall–Kier alpha value is -1.66. The van der Waals surface area contributed by atoms with Gasteiger partial charge in [0.05, 0.1) is 4.92 Å². The zero-order valence-electron chi connectivity index (χ0n) is 10.5. The Morgan fingerprint density at radius 3 is 2.80 bits per heavy atom. The summed E-state index contributed by atoms with van der Waals surface area (Å²) in [6, 6.07) is 6.59. The van der Waals surface area contributed by atoms with Crippen molar-refractivity contribution >= 4 is 33.2 Å². The molecule has 0 atom stereocenters. The van der Waals surface area contributed by atoms with Crippen LogP contribution in [0.5, 0.6) is 5.75 Å². The molecular weight excluding hydrogens is 348 g/mol. The summed E-state index contributed by atoms with van der Waals surface area (Å²) in [5.41, 5.74) is 1.40. The van der Waals surface area contributed by atoms with E-state index >= 15 is 0 Å². The molecule has 0 bridgehead atoms. The number of nitrogens with zero attached hydrogens (tertiary/aromatic N) is 2. The van der Waals surface area contributed by atoms with Crippen molar-refractivity contribution in [1.29, 1.82) is 0 Å². The number of aryl methyl sites for hydroxylation is 1. The fraction of sp³-hybridized carbons (Fsp3) is 0.154. The Morgan fingerprint density at radius 1 is 1.45 bits per heavy atom. The van der Waals surface area contributed by atoms with Gasteiger partial charge in [-0.15, -0.1) is 0 Å². The van der Waals surface area contributed by atoms with Crippen LogP contribution in [0.2, 0.25) is 5.15 Å². The van der Waals surface area contributed by atoms with Gasteiger partial charge in [-0.2, -0.15) is 0 Å². The molecule has 0 amide bonds. The van der Waals surface area contributed by atoms with E-state index < -0.39 is 4.92 Å². The number of benzene rings is 1. The van der Waals surface area contributed by atoms with Gasteiger partial charge in [-0.1, -0.05) is 33.6 Å². The molecule has 0 unspecified atom stereocenters. The van der Waals surface area contributed by atoms with E-state index in [1.807, 2.05) is 0 Å². The first kappa shape index (κ1) is 14.7. The average molecular weight is 358 g/mol.